The summed E-state index contributed by atoms with van der Waals surface area (Å²) in [5, 5.41) is 13.1. The number of nitrogens with one attached hydrogen (secondary N) is 1. The number of aliphatic hydroxyl groups excluding tert-OH is 1. The summed E-state index contributed by atoms with van der Waals surface area (Å²) in [7, 11) is 1.60. The Kier molecular flexibility index (Phi) is 5.76. The molecule has 0 heterocycles. The SMILES string of the molecule is COCC(O)CNC1CC(OCc2ccccc2)C1(C)C. The molecule has 1 aliphatic carbocycles. The van der Waals surface area contributed by atoms with E-state index >= 15 is 0 Å². The first-order chi connectivity index (χ1) is 10.0. The third-order valence-corrected chi connectivity index (χ3v) is 4.43. The van der Waals surface area contributed by atoms with Crippen LogP contribution in [0, 0.1) is 5.41 Å². The van der Waals surface area contributed by atoms with Crippen molar-refractivity contribution < 1.29 is 14.6 Å². The van der Waals surface area contributed by atoms with E-state index in [0.717, 1.165) is 6.42 Å². The van der Waals surface area contributed by atoms with Crippen LogP contribution in [0.2, 0.25) is 0 Å². The minimum atomic E-state index is -0.449. The Morgan fingerprint density at radius 3 is 2.67 bits per heavy atom. The van der Waals surface area contributed by atoms with Crippen LogP contribution in [0.3, 0.4) is 0 Å². The van der Waals surface area contributed by atoms with Gasteiger partial charge in [-0.05, 0) is 12.0 Å². The summed E-state index contributed by atoms with van der Waals surface area (Å²) in [6.45, 7) is 6.02. The van der Waals surface area contributed by atoms with Crippen LogP contribution >= 0.6 is 0 Å². The number of ether oxygens (including phenoxy) is 2. The molecule has 3 atom stereocenters. The molecule has 21 heavy (non-hydrogen) atoms. The lowest BCUT2D eigenvalue weighted by atomic mass is 9.64. The predicted octanol–water partition coefficient (Wildman–Crippen LogP) is 1.97. The Bertz CT molecular complexity index is 421. The summed E-state index contributed by atoms with van der Waals surface area (Å²) in [5.41, 5.74) is 1.29. The molecule has 0 spiro atoms. The van der Waals surface area contributed by atoms with E-state index in [1.54, 1.807) is 7.11 Å². The highest BCUT2D eigenvalue weighted by atomic mass is 16.5. The quantitative estimate of drug-likeness (QED) is 0.769. The third kappa shape index (κ3) is 4.27. The van der Waals surface area contributed by atoms with Crippen LogP contribution < -0.4 is 5.32 Å². The van der Waals surface area contributed by atoms with Crippen molar-refractivity contribution in [2.24, 2.45) is 5.41 Å². The van der Waals surface area contributed by atoms with Gasteiger partial charge in [0.05, 0.1) is 25.4 Å². The van der Waals surface area contributed by atoms with Gasteiger partial charge in [-0.15, -0.1) is 0 Å². The van der Waals surface area contributed by atoms with E-state index in [4.69, 9.17) is 9.47 Å². The van der Waals surface area contributed by atoms with Crippen LogP contribution in [-0.4, -0.2) is 43.6 Å². The maximum absolute atomic E-state index is 9.69. The average Bonchev–Trinajstić information content (AvgIpc) is 2.47. The van der Waals surface area contributed by atoms with Gasteiger partial charge in [0.1, 0.15) is 0 Å². The predicted molar refractivity (Wildman–Crippen MR) is 83.1 cm³/mol. The molecule has 1 aliphatic rings. The molecule has 3 unspecified atom stereocenters. The van der Waals surface area contributed by atoms with Crippen molar-refractivity contribution in [3.8, 4) is 0 Å². The van der Waals surface area contributed by atoms with Gasteiger partial charge in [0.15, 0.2) is 0 Å². The van der Waals surface area contributed by atoms with Gasteiger partial charge in [-0.3, -0.25) is 0 Å². The number of methoxy groups -OCH3 is 1. The molecule has 0 amide bonds. The summed E-state index contributed by atoms with van der Waals surface area (Å²) >= 11 is 0. The summed E-state index contributed by atoms with van der Waals surface area (Å²) in [6, 6.07) is 10.6. The van der Waals surface area contributed by atoms with E-state index in [-0.39, 0.29) is 11.5 Å². The van der Waals surface area contributed by atoms with E-state index < -0.39 is 6.10 Å². The smallest absolute Gasteiger partial charge is 0.0897 e. The van der Waals surface area contributed by atoms with E-state index in [2.05, 4.69) is 31.3 Å². The molecule has 1 saturated carbocycles. The topological polar surface area (TPSA) is 50.7 Å². The first kappa shape index (κ1) is 16.4. The Morgan fingerprint density at radius 2 is 2.05 bits per heavy atom. The van der Waals surface area contributed by atoms with E-state index in [0.29, 0.717) is 25.8 Å². The summed E-state index contributed by atoms with van der Waals surface area (Å²) in [6.07, 6.45) is 0.796. The first-order valence-corrected chi connectivity index (χ1v) is 7.60. The maximum atomic E-state index is 9.69. The largest absolute Gasteiger partial charge is 0.389 e. The number of aliphatic hydroxyl groups is 1. The lowest BCUT2D eigenvalue weighted by Crippen LogP contribution is -2.61. The minimum Gasteiger partial charge on any atom is -0.389 e. The van der Waals surface area contributed by atoms with Gasteiger partial charge in [-0.1, -0.05) is 44.2 Å². The fourth-order valence-corrected chi connectivity index (χ4v) is 2.82. The fourth-order valence-electron chi connectivity index (χ4n) is 2.82. The van der Waals surface area contributed by atoms with Gasteiger partial charge in [0, 0.05) is 25.1 Å². The van der Waals surface area contributed by atoms with Crippen LogP contribution in [0.15, 0.2) is 30.3 Å². The highest BCUT2D eigenvalue weighted by Crippen LogP contribution is 2.43. The van der Waals surface area contributed by atoms with Crippen LogP contribution in [0.5, 0.6) is 0 Å². The van der Waals surface area contributed by atoms with Gasteiger partial charge in [-0.2, -0.15) is 0 Å². The van der Waals surface area contributed by atoms with Crippen molar-refractivity contribution >= 4 is 0 Å². The van der Waals surface area contributed by atoms with Crippen molar-refractivity contribution in [2.45, 2.75) is 45.1 Å². The fraction of sp³-hybridized carbons (Fsp3) is 0.647. The molecular formula is C17H27NO3. The Hall–Kier alpha value is -0.940. The van der Waals surface area contributed by atoms with Crippen LogP contribution in [0.1, 0.15) is 25.8 Å². The number of rotatable bonds is 8. The molecule has 0 radical (unpaired) electrons. The molecule has 4 nitrogen and oxygen atoms in total. The molecule has 0 saturated heterocycles. The van der Waals surface area contributed by atoms with Crippen LogP contribution in [0.4, 0.5) is 0 Å². The molecule has 1 aromatic carbocycles. The highest BCUT2D eigenvalue weighted by molar-refractivity contribution is 5.14. The molecule has 118 valence electrons. The monoisotopic (exact) mass is 293 g/mol. The molecule has 1 aromatic rings. The van der Waals surface area contributed by atoms with E-state index in [9.17, 15) is 5.11 Å². The third-order valence-electron chi connectivity index (χ3n) is 4.43. The number of benzene rings is 1. The second kappa shape index (κ2) is 7.36. The molecule has 0 aromatic heterocycles. The minimum absolute atomic E-state index is 0.0849. The second-order valence-corrected chi connectivity index (χ2v) is 6.41. The number of hydrogen-bond acceptors (Lipinski definition) is 4. The molecular weight excluding hydrogens is 266 g/mol. The van der Waals surface area contributed by atoms with Crippen molar-refractivity contribution in [1.29, 1.82) is 0 Å². The van der Waals surface area contributed by atoms with Crippen molar-refractivity contribution in [3.05, 3.63) is 35.9 Å². The standard InChI is InChI=1S/C17H27NO3/c1-17(2)15(18-10-14(19)12-20-3)9-16(17)21-11-13-7-5-4-6-8-13/h4-8,14-16,18-19H,9-12H2,1-3H3. The highest BCUT2D eigenvalue weighted by Gasteiger charge is 2.48. The normalized spacial score (nSPS) is 25.3. The zero-order chi connectivity index (χ0) is 15.3. The van der Waals surface area contributed by atoms with Crippen molar-refractivity contribution in [1.82, 2.24) is 5.32 Å². The lowest BCUT2D eigenvalue weighted by Gasteiger charge is -2.52. The van der Waals surface area contributed by atoms with Crippen molar-refractivity contribution in [3.63, 3.8) is 0 Å². The molecule has 0 aliphatic heterocycles. The number of hydrogen-bond donors (Lipinski definition) is 2. The molecule has 4 heteroatoms. The summed E-state index contributed by atoms with van der Waals surface area (Å²) in [4.78, 5) is 0. The zero-order valence-corrected chi connectivity index (χ0v) is 13.2. The van der Waals surface area contributed by atoms with Gasteiger partial charge in [0.25, 0.3) is 0 Å². The Morgan fingerprint density at radius 1 is 1.33 bits per heavy atom. The summed E-state index contributed by atoms with van der Waals surface area (Å²) < 4.78 is 11.0. The molecule has 2 N–H and O–H groups in total. The van der Waals surface area contributed by atoms with Gasteiger partial charge >= 0.3 is 0 Å². The van der Waals surface area contributed by atoms with Gasteiger partial charge < -0.3 is 19.9 Å². The molecule has 1 fully saturated rings. The first-order valence-electron chi connectivity index (χ1n) is 7.60. The van der Waals surface area contributed by atoms with Crippen LogP contribution in [0.25, 0.3) is 0 Å². The van der Waals surface area contributed by atoms with Gasteiger partial charge in [0.2, 0.25) is 0 Å². The molecule has 2 rings (SSSR count). The zero-order valence-electron chi connectivity index (χ0n) is 13.2. The van der Waals surface area contributed by atoms with Crippen LogP contribution in [-0.2, 0) is 16.1 Å². The molecule has 0 bridgehead atoms. The average molecular weight is 293 g/mol. The second-order valence-electron chi connectivity index (χ2n) is 6.41. The summed E-state index contributed by atoms with van der Waals surface area (Å²) in [5.74, 6) is 0. The lowest BCUT2D eigenvalue weighted by molar-refractivity contribution is -0.126. The Balaban J connectivity index is 1.73. The Labute approximate surface area is 127 Å². The van der Waals surface area contributed by atoms with Crippen molar-refractivity contribution in [2.75, 3.05) is 20.3 Å². The van der Waals surface area contributed by atoms with Gasteiger partial charge in [-0.25, -0.2) is 0 Å². The maximum Gasteiger partial charge on any atom is 0.0897 e. The van der Waals surface area contributed by atoms with E-state index in [1.165, 1.54) is 5.56 Å². The van der Waals surface area contributed by atoms with E-state index in [1.807, 2.05) is 18.2 Å².